The van der Waals surface area contributed by atoms with E-state index in [0.29, 0.717) is 119 Å². The molecule has 0 fully saturated rings. The Labute approximate surface area is 300 Å². The maximum Gasteiger partial charge on any atom is 0.0701 e. The van der Waals surface area contributed by atoms with Crippen molar-refractivity contribution < 1.29 is 52.8 Å². The van der Waals surface area contributed by atoms with E-state index in [1.165, 1.54) is 89.9 Å². The van der Waals surface area contributed by atoms with Crippen molar-refractivity contribution in [2.75, 3.05) is 132 Å². The van der Waals surface area contributed by atoms with E-state index in [1.54, 1.807) is 0 Å². The van der Waals surface area contributed by atoms with Gasteiger partial charge in [0.2, 0.25) is 0 Å². The van der Waals surface area contributed by atoms with Crippen LogP contribution in [0.5, 0.6) is 0 Å². The highest BCUT2D eigenvalue weighted by molar-refractivity contribution is 4.81. The predicted molar refractivity (Wildman–Crippen MR) is 197 cm³/mol. The normalized spacial score (nSPS) is 11.4. The Balaban J connectivity index is 0. The maximum atomic E-state index is 8.53. The topological polar surface area (TPSA) is 124 Å². The second-order valence-electron chi connectivity index (χ2n) is 11.5. The van der Waals surface area contributed by atoms with E-state index in [2.05, 4.69) is 26.0 Å². The molecule has 0 spiro atoms. The Kier molecular flexibility index (Phi) is 53.2. The van der Waals surface area contributed by atoms with Crippen LogP contribution in [0.4, 0.5) is 0 Å². The van der Waals surface area contributed by atoms with E-state index in [9.17, 15) is 0 Å². The average Bonchev–Trinajstić information content (AvgIpc) is 3.12. The van der Waals surface area contributed by atoms with Crippen molar-refractivity contribution in [3.05, 3.63) is 12.2 Å². The van der Waals surface area contributed by atoms with Crippen LogP contribution >= 0.6 is 0 Å². The third-order valence-corrected chi connectivity index (χ3v) is 7.06. The van der Waals surface area contributed by atoms with Crippen molar-refractivity contribution in [1.29, 1.82) is 0 Å². The molecule has 11 heteroatoms. The first-order valence-corrected chi connectivity index (χ1v) is 19.4. The number of aliphatic hydroxyl groups is 2. The van der Waals surface area contributed by atoms with Crippen molar-refractivity contribution in [2.24, 2.45) is 0 Å². The van der Waals surface area contributed by atoms with Gasteiger partial charge in [-0.3, -0.25) is 0 Å². The summed E-state index contributed by atoms with van der Waals surface area (Å²) in [5, 5.41) is 17.1. The molecule has 0 radical (unpaired) electrons. The molecule has 0 unspecified atom stereocenters. The Morgan fingerprint density at radius 3 is 0.714 bits per heavy atom. The van der Waals surface area contributed by atoms with E-state index in [1.807, 2.05) is 0 Å². The number of hydrogen-bond donors (Lipinski definition) is 2. The van der Waals surface area contributed by atoms with Gasteiger partial charge in [0.05, 0.1) is 132 Å². The zero-order valence-corrected chi connectivity index (χ0v) is 31.8. The van der Waals surface area contributed by atoms with Crippen LogP contribution in [0.15, 0.2) is 12.2 Å². The number of aliphatic hydroxyl groups excluding tert-OH is 2. The lowest BCUT2D eigenvalue weighted by Crippen LogP contribution is -2.15. The largest absolute Gasteiger partial charge is 0.394 e. The van der Waals surface area contributed by atoms with Crippen LogP contribution in [0.1, 0.15) is 104 Å². The van der Waals surface area contributed by atoms with Crippen LogP contribution in [-0.2, 0) is 42.6 Å². The summed E-state index contributed by atoms with van der Waals surface area (Å²) >= 11 is 0. The molecule has 0 heterocycles. The van der Waals surface area contributed by atoms with Crippen molar-refractivity contribution in [3.63, 3.8) is 0 Å². The Morgan fingerprint density at radius 2 is 0.490 bits per heavy atom. The van der Waals surface area contributed by atoms with Crippen LogP contribution in [0.25, 0.3) is 0 Å². The molecule has 0 aromatic heterocycles. The molecule has 0 rings (SSSR count). The fraction of sp³-hybridized carbons (Fsp3) is 0.947. The van der Waals surface area contributed by atoms with Crippen molar-refractivity contribution >= 4 is 0 Å². The molecule has 0 aromatic carbocycles. The van der Waals surface area contributed by atoms with Crippen LogP contribution in [0.3, 0.4) is 0 Å². The fourth-order valence-electron chi connectivity index (χ4n) is 4.31. The first-order valence-electron chi connectivity index (χ1n) is 19.4. The van der Waals surface area contributed by atoms with Gasteiger partial charge in [0.25, 0.3) is 0 Å². The van der Waals surface area contributed by atoms with Gasteiger partial charge in [0.1, 0.15) is 0 Å². The van der Waals surface area contributed by atoms with Gasteiger partial charge in [-0.2, -0.15) is 0 Å². The molecule has 0 atom stereocenters. The molecule has 49 heavy (non-hydrogen) atoms. The van der Waals surface area contributed by atoms with E-state index in [-0.39, 0.29) is 13.2 Å². The standard InChI is InChI=1S/C20H42O11.C18H36/c21-1-3-23-5-7-25-9-11-27-13-15-29-17-19-31-20-18-30-16-14-28-12-10-26-8-6-24-4-2-22;1-3-5-7-9-11-13-15-17-18-16-14-12-10-8-6-4-2/h21-22H,1-20H2;17-18H,3-16H2,1-2H3. The second kappa shape index (κ2) is 51.7. The smallest absolute Gasteiger partial charge is 0.0701 e. The number of hydrogen-bond acceptors (Lipinski definition) is 11. The first-order chi connectivity index (χ1) is 24.3. The molecule has 0 bridgehead atoms. The van der Waals surface area contributed by atoms with Crippen LogP contribution < -0.4 is 0 Å². The summed E-state index contributed by atoms with van der Waals surface area (Å²) < 4.78 is 47.7. The average molecular weight is 711 g/mol. The number of rotatable bonds is 42. The quantitative estimate of drug-likeness (QED) is 0.0559. The molecule has 2 N–H and O–H groups in total. The monoisotopic (exact) mass is 711 g/mol. The van der Waals surface area contributed by atoms with Gasteiger partial charge >= 0.3 is 0 Å². The number of unbranched alkanes of at least 4 members (excludes halogenated alkanes) is 12. The lowest BCUT2D eigenvalue weighted by Gasteiger charge is -2.08. The second-order valence-corrected chi connectivity index (χ2v) is 11.5. The fourth-order valence-corrected chi connectivity index (χ4v) is 4.31. The van der Waals surface area contributed by atoms with Gasteiger partial charge in [0, 0.05) is 0 Å². The van der Waals surface area contributed by atoms with E-state index >= 15 is 0 Å². The van der Waals surface area contributed by atoms with Gasteiger partial charge in [-0.15, -0.1) is 0 Å². The summed E-state index contributed by atoms with van der Waals surface area (Å²) in [6, 6.07) is 0. The zero-order chi connectivity index (χ0) is 35.8. The summed E-state index contributed by atoms with van der Waals surface area (Å²) in [6.45, 7) is 13.3. The molecule has 296 valence electrons. The molecular formula is C38H78O11. The van der Waals surface area contributed by atoms with Crippen molar-refractivity contribution in [1.82, 2.24) is 0 Å². The van der Waals surface area contributed by atoms with Crippen molar-refractivity contribution in [3.8, 4) is 0 Å². The van der Waals surface area contributed by atoms with Gasteiger partial charge in [0.15, 0.2) is 0 Å². The van der Waals surface area contributed by atoms with E-state index in [0.717, 1.165) is 0 Å². The summed E-state index contributed by atoms with van der Waals surface area (Å²) in [7, 11) is 0. The summed E-state index contributed by atoms with van der Waals surface area (Å²) in [5.41, 5.74) is 0. The van der Waals surface area contributed by atoms with Gasteiger partial charge in [-0.1, -0.05) is 90.2 Å². The van der Waals surface area contributed by atoms with Gasteiger partial charge < -0.3 is 52.8 Å². The zero-order valence-electron chi connectivity index (χ0n) is 31.8. The van der Waals surface area contributed by atoms with E-state index in [4.69, 9.17) is 52.8 Å². The minimum absolute atomic E-state index is 0.0278. The highest BCUT2D eigenvalue weighted by Gasteiger charge is 1.96. The van der Waals surface area contributed by atoms with Gasteiger partial charge in [-0.25, -0.2) is 0 Å². The van der Waals surface area contributed by atoms with E-state index < -0.39 is 0 Å². The van der Waals surface area contributed by atoms with Gasteiger partial charge in [-0.05, 0) is 25.7 Å². The molecule has 0 aliphatic rings. The van der Waals surface area contributed by atoms with Crippen LogP contribution in [-0.4, -0.2) is 142 Å². The number of ether oxygens (including phenoxy) is 9. The Morgan fingerprint density at radius 1 is 0.286 bits per heavy atom. The third kappa shape index (κ3) is 54.2. The lowest BCUT2D eigenvalue weighted by molar-refractivity contribution is -0.0260. The maximum absolute atomic E-state index is 8.53. The summed E-state index contributed by atoms with van der Waals surface area (Å²) in [6.07, 6.45) is 24.4. The third-order valence-electron chi connectivity index (χ3n) is 7.06. The lowest BCUT2D eigenvalue weighted by atomic mass is 10.1. The molecule has 0 aromatic rings. The Bertz CT molecular complexity index is 524. The first kappa shape index (κ1) is 50.4. The number of allylic oxidation sites excluding steroid dienone is 2. The molecule has 0 aliphatic heterocycles. The van der Waals surface area contributed by atoms with Crippen LogP contribution in [0.2, 0.25) is 0 Å². The summed E-state index contributed by atoms with van der Waals surface area (Å²) in [5.74, 6) is 0. The Hall–Kier alpha value is -0.700. The summed E-state index contributed by atoms with van der Waals surface area (Å²) in [4.78, 5) is 0. The molecule has 0 saturated carbocycles. The molecule has 0 aliphatic carbocycles. The molecule has 0 saturated heterocycles. The van der Waals surface area contributed by atoms with Crippen LogP contribution in [0, 0.1) is 0 Å². The minimum Gasteiger partial charge on any atom is -0.394 e. The molecule has 11 nitrogen and oxygen atoms in total. The SMILES string of the molecule is CCCCCCCCC=CCCCCCCCC.OCCOCCOCCOCCOCCOCCOCCOCCOCCOCCO. The molecule has 0 amide bonds. The highest BCUT2D eigenvalue weighted by Crippen LogP contribution is 2.09. The highest BCUT2D eigenvalue weighted by atomic mass is 16.6. The van der Waals surface area contributed by atoms with Crippen molar-refractivity contribution in [2.45, 2.75) is 104 Å². The predicted octanol–water partition coefficient (Wildman–Crippen LogP) is 6.16. The molecular weight excluding hydrogens is 632 g/mol. The minimum atomic E-state index is 0.0278.